The second-order valence-electron chi connectivity index (χ2n) is 3.65. The Labute approximate surface area is 82.3 Å². The highest BCUT2D eigenvalue weighted by atomic mass is 19.1. The van der Waals surface area contributed by atoms with Crippen LogP contribution in [0.5, 0.6) is 0 Å². The molecule has 1 aliphatic rings. The molecule has 0 aliphatic carbocycles. The zero-order chi connectivity index (χ0) is 10.1. The van der Waals surface area contributed by atoms with Crippen molar-refractivity contribution in [3.8, 4) is 0 Å². The monoisotopic (exact) mass is 193 g/mol. The molecule has 0 fully saturated rings. The smallest absolute Gasteiger partial charge is 0.139 e. The predicted octanol–water partition coefficient (Wildman–Crippen LogP) is 1.78. The highest BCUT2D eigenvalue weighted by Gasteiger charge is 2.25. The number of carbonyl (C=O) groups excluding carboxylic acids is 1. The Hall–Kier alpha value is -1.38. The molecule has 0 amide bonds. The summed E-state index contributed by atoms with van der Waals surface area (Å²) in [5, 5.41) is 0. The van der Waals surface area contributed by atoms with Crippen LogP contribution in [0.25, 0.3) is 0 Å². The van der Waals surface area contributed by atoms with E-state index in [-0.39, 0.29) is 11.9 Å². The van der Waals surface area contributed by atoms with Gasteiger partial charge in [0.05, 0.1) is 6.54 Å². The molecule has 0 saturated heterocycles. The Morgan fingerprint density at radius 2 is 2.43 bits per heavy atom. The molecule has 1 aliphatic heterocycles. The van der Waals surface area contributed by atoms with Gasteiger partial charge in [0.25, 0.3) is 0 Å². The average molecular weight is 193 g/mol. The van der Waals surface area contributed by atoms with E-state index in [1.807, 2.05) is 11.8 Å². The zero-order valence-corrected chi connectivity index (χ0v) is 8.03. The van der Waals surface area contributed by atoms with Crippen LogP contribution < -0.4 is 4.90 Å². The molecule has 0 aromatic heterocycles. The summed E-state index contributed by atoms with van der Waals surface area (Å²) in [5.41, 5.74) is 1.99. The number of hydrogen-bond acceptors (Lipinski definition) is 2. The Morgan fingerprint density at radius 1 is 1.64 bits per heavy atom. The topological polar surface area (TPSA) is 20.3 Å². The molecule has 2 nitrogen and oxygen atoms in total. The molecule has 2 rings (SSSR count). The largest absolute Gasteiger partial charge is 0.361 e. The number of fused-ring (bicyclic) bond motifs is 1. The summed E-state index contributed by atoms with van der Waals surface area (Å²) in [6, 6.07) is 5.03. The molecule has 0 bridgehead atoms. The first-order valence-electron chi connectivity index (χ1n) is 4.71. The number of hydrogen-bond donors (Lipinski definition) is 0. The van der Waals surface area contributed by atoms with Gasteiger partial charge in [0.1, 0.15) is 12.1 Å². The first-order chi connectivity index (χ1) is 6.72. The van der Waals surface area contributed by atoms with Crippen molar-refractivity contribution in [3.63, 3.8) is 0 Å². The van der Waals surface area contributed by atoms with Gasteiger partial charge < -0.3 is 9.69 Å². The molecule has 0 N–H and O–H groups in total. The Morgan fingerprint density at radius 3 is 3.14 bits per heavy atom. The molecular weight excluding hydrogens is 181 g/mol. The second-order valence-corrected chi connectivity index (χ2v) is 3.65. The van der Waals surface area contributed by atoms with Crippen LogP contribution in [0.4, 0.5) is 10.1 Å². The number of benzene rings is 1. The predicted molar refractivity (Wildman–Crippen MR) is 53.0 cm³/mol. The molecule has 0 spiro atoms. The SMILES string of the molecule is CC1Cc2cc(F)ccc2N1CC=O. The molecule has 0 saturated carbocycles. The van der Waals surface area contributed by atoms with Crippen LogP contribution in [0.15, 0.2) is 18.2 Å². The summed E-state index contributed by atoms with van der Waals surface area (Å²) in [4.78, 5) is 12.5. The number of rotatable bonds is 2. The van der Waals surface area contributed by atoms with E-state index in [1.54, 1.807) is 12.1 Å². The average Bonchev–Trinajstić information content (AvgIpc) is 2.43. The third-order valence-corrected chi connectivity index (χ3v) is 2.67. The molecule has 1 aromatic carbocycles. The van der Waals surface area contributed by atoms with Crippen LogP contribution in [-0.4, -0.2) is 18.9 Å². The second kappa shape index (κ2) is 3.40. The van der Waals surface area contributed by atoms with Gasteiger partial charge >= 0.3 is 0 Å². The van der Waals surface area contributed by atoms with E-state index in [1.165, 1.54) is 6.07 Å². The van der Waals surface area contributed by atoms with Gasteiger partial charge in [0.2, 0.25) is 0 Å². The van der Waals surface area contributed by atoms with Gasteiger partial charge in [-0.25, -0.2) is 4.39 Å². The van der Waals surface area contributed by atoms with Crippen molar-refractivity contribution >= 4 is 12.0 Å². The molecule has 1 atom stereocenters. The lowest BCUT2D eigenvalue weighted by molar-refractivity contribution is -0.106. The Balaban J connectivity index is 2.37. The van der Waals surface area contributed by atoms with E-state index in [2.05, 4.69) is 0 Å². The van der Waals surface area contributed by atoms with E-state index in [4.69, 9.17) is 0 Å². The lowest BCUT2D eigenvalue weighted by Crippen LogP contribution is -2.30. The number of carbonyl (C=O) groups is 1. The lowest BCUT2D eigenvalue weighted by atomic mass is 10.1. The van der Waals surface area contributed by atoms with E-state index in [0.29, 0.717) is 6.54 Å². The van der Waals surface area contributed by atoms with Gasteiger partial charge in [0, 0.05) is 11.7 Å². The molecule has 3 heteroatoms. The van der Waals surface area contributed by atoms with E-state index in [0.717, 1.165) is 24.0 Å². The lowest BCUT2D eigenvalue weighted by Gasteiger charge is -2.21. The van der Waals surface area contributed by atoms with Crippen LogP contribution in [0.1, 0.15) is 12.5 Å². The highest BCUT2D eigenvalue weighted by molar-refractivity contribution is 5.67. The van der Waals surface area contributed by atoms with Crippen molar-refractivity contribution in [2.24, 2.45) is 0 Å². The number of nitrogens with zero attached hydrogens (tertiary/aromatic N) is 1. The minimum absolute atomic E-state index is 0.205. The molecule has 0 radical (unpaired) electrons. The summed E-state index contributed by atoms with van der Waals surface area (Å²) in [7, 11) is 0. The highest BCUT2D eigenvalue weighted by Crippen LogP contribution is 2.31. The number of halogens is 1. The molecule has 14 heavy (non-hydrogen) atoms. The zero-order valence-electron chi connectivity index (χ0n) is 8.03. The van der Waals surface area contributed by atoms with Crippen molar-refractivity contribution < 1.29 is 9.18 Å². The molecular formula is C11H12FNO. The van der Waals surface area contributed by atoms with E-state index in [9.17, 15) is 9.18 Å². The molecule has 74 valence electrons. The van der Waals surface area contributed by atoms with Crippen molar-refractivity contribution in [1.82, 2.24) is 0 Å². The van der Waals surface area contributed by atoms with Crippen LogP contribution in [0.2, 0.25) is 0 Å². The fourth-order valence-corrected chi connectivity index (χ4v) is 2.02. The van der Waals surface area contributed by atoms with Gasteiger partial charge in [-0.3, -0.25) is 0 Å². The third kappa shape index (κ3) is 1.39. The van der Waals surface area contributed by atoms with Gasteiger partial charge in [-0.05, 0) is 37.1 Å². The maximum atomic E-state index is 12.9. The van der Waals surface area contributed by atoms with Crippen LogP contribution in [0, 0.1) is 5.82 Å². The maximum Gasteiger partial charge on any atom is 0.139 e. The Kier molecular flexibility index (Phi) is 2.23. The summed E-state index contributed by atoms with van der Waals surface area (Å²) in [6.07, 6.45) is 1.70. The summed E-state index contributed by atoms with van der Waals surface area (Å²) in [5.74, 6) is -0.205. The molecule has 1 aromatic rings. The normalized spacial score (nSPS) is 19.6. The van der Waals surface area contributed by atoms with Gasteiger partial charge in [-0.1, -0.05) is 0 Å². The van der Waals surface area contributed by atoms with Crippen LogP contribution in [-0.2, 0) is 11.2 Å². The molecule has 1 heterocycles. The minimum atomic E-state index is -0.205. The summed E-state index contributed by atoms with van der Waals surface area (Å²) >= 11 is 0. The van der Waals surface area contributed by atoms with Crippen LogP contribution in [0.3, 0.4) is 0 Å². The van der Waals surface area contributed by atoms with Crippen molar-refractivity contribution in [1.29, 1.82) is 0 Å². The van der Waals surface area contributed by atoms with Crippen molar-refractivity contribution in [2.75, 3.05) is 11.4 Å². The summed E-state index contributed by atoms with van der Waals surface area (Å²) in [6.45, 7) is 2.43. The van der Waals surface area contributed by atoms with E-state index < -0.39 is 0 Å². The third-order valence-electron chi connectivity index (χ3n) is 2.67. The Bertz CT molecular complexity index is 364. The fourth-order valence-electron chi connectivity index (χ4n) is 2.02. The number of anilines is 1. The quantitative estimate of drug-likeness (QED) is 0.667. The van der Waals surface area contributed by atoms with Crippen molar-refractivity contribution in [3.05, 3.63) is 29.6 Å². The fraction of sp³-hybridized carbons (Fsp3) is 0.364. The number of aldehydes is 1. The minimum Gasteiger partial charge on any atom is -0.361 e. The first-order valence-corrected chi connectivity index (χ1v) is 4.71. The van der Waals surface area contributed by atoms with Gasteiger partial charge in [0.15, 0.2) is 0 Å². The summed E-state index contributed by atoms with van der Waals surface area (Å²) < 4.78 is 12.9. The van der Waals surface area contributed by atoms with Gasteiger partial charge in [-0.15, -0.1) is 0 Å². The maximum absolute atomic E-state index is 12.9. The van der Waals surface area contributed by atoms with E-state index >= 15 is 0 Å². The van der Waals surface area contributed by atoms with Crippen LogP contribution >= 0.6 is 0 Å². The standard InChI is InChI=1S/C11H12FNO/c1-8-6-9-7-10(12)2-3-11(9)13(8)4-5-14/h2-3,5,7-8H,4,6H2,1H3. The molecule has 1 unspecified atom stereocenters. The van der Waals surface area contributed by atoms with Gasteiger partial charge in [-0.2, -0.15) is 0 Å². The van der Waals surface area contributed by atoms with Crippen molar-refractivity contribution in [2.45, 2.75) is 19.4 Å². The first kappa shape index (κ1) is 9.19.